The van der Waals surface area contributed by atoms with Crippen LogP contribution in [0.25, 0.3) is 0 Å². The zero-order chi connectivity index (χ0) is 25.2. The van der Waals surface area contributed by atoms with Crippen LogP contribution in [-0.4, -0.2) is 71.4 Å². The number of nitrogens with zero attached hydrogens (tertiary/aromatic N) is 4. The van der Waals surface area contributed by atoms with E-state index in [9.17, 15) is 27.6 Å². The highest BCUT2D eigenvalue weighted by Crippen LogP contribution is 2.30. The molecule has 1 unspecified atom stereocenters. The van der Waals surface area contributed by atoms with E-state index in [1.54, 1.807) is 11.1 Å². The van der Waals surface area contributed by atoms with Crippen LogP contribution in [-0.2, 0) is 16.1 Å². The summed E-state index contributed by atoms with van der Waals surface area (Å²) in [4.78, 5) is 45.0. The van der Waals surface area contributed by atoms with Gasteiger partial charge in [0, 0.05) is 32.0 Å². The van der Waals surface area contributed by atoms with E-state index in [1.807, 2.05) is 0 Å². The number of amides is 4. The molecule has 3 heterocycles. The number of morpholine rings is 1. The lowest BCUT2D eigenvalue weighted by Crippen LogP contribution is -2.48. The summed E-state index contributed by atoms with van der Waals surface area (Å²) in [6, 6.07) is 4.49. The lowest BCUT2D eigenvalue weighted by Gasteiger charge is -2.27. The molecule has 0 radical (unpaired) electrons. The minimum atomic E-state index is -4.86. The summed E-state index contributed by atoms with van der Waals surface area (Å²) in [5, 5.41) is 1.73. The third kappa shape index (κ3) is 5.52. The molecule has 0 saturated carbocycles. The first-order valence-electron chi connectivity index (χ1n) is 10.7. The van der Waals surface area contributed by atoms with Crippen molar-refractivity contribution < 1.29 is 37.0 Å². The first kappa shape index (κ1) is 24.4. The Balaban J connectivity index is 1.50. The minimum Gasteiger partial charge on any atom is -0.406 e. The highest BCUT2D eigenvalue weighted by molar-refractivity contribution is 6.21. The number of aromatic nitrogens is 1. The Morgan fingerprint density at radius 2 is 1.86 bits per heavy atom. The molecule has 2 aliphatic heterocycles. The number of nitrogens with one attached hydrogen (secondary N) is 1. The first-order chi connectivity index (χ1) is 16.6. The number of anilines is 1. The van der Waals surface area contributed by atoms with Crippen molar-refractivity contribution in [3.63, 3.8) is 0 Å². The lowest BCUT2D eigenvalue weighted by molar-refractivity contribution is -0.274. The molecular formula is C22H22F3N5O5. The Bertz CT molecular complexity index is 1110. The largest absolute Gasteiger partial charge is 0.573 e. The second-order valence-corrected chi connectivity index (χ2v) is 7.87. The van der Waals surface area contributed by atoms with Gasteiger partial charge >= 0.3 is 12.4 Å². The maximum absolute atomic E-state index is 13.1. The first-order valence-corrected chi connectivity index (χ1v) is 10.7. The van der Waals surface area contributed by atoms with Crippen molar-refractivity contribution in [1.82, 2.24) is 20.3 Å². The zero-order valence-electron chi connectivity index (χ0n) is 18.6. The number of carbonyl (C=O) groups excluding carboxylic acids is 3. The maximum atomic E-state index is 13.1. The molecule has 13 heteroatoms. The number of benzene rings is 1. The second kappa shape index (κ2) is 9.88. The molecule has 2 aliphatic rings. The summed E-state index contributed by atoms with van der Waals surface area (Å²) >= 11 is 0. The van der Waals surface area contributed by atoms with E-state index in [2.05, 4.69) is 15.1 Å². The average molecular weight is 493 g/mol. The van der Waals surface area contributed by atoms with Crippen LogP contribution in [0, 0.1) is 0 Å². The zero-order valence-corrected chi connectivity index (χ0v) is 18.6. The van der Waals surface area contributed by atoms with Crippen molar-refractivity contribution in [3.8, 4) is 5.75 Å². The molecule has 2 aromatic rings. The highest BCUT2D eigenvalue weighted by Gasteiger charge is 2.43. The molecule has 35 heavy (non-hydrogen) atoms. The number of pyridine rings is 1. The van der Waals surface area contributed by atoms with Gasteiger partial charge < -0.3 is 14.4 Å². The summed E-state index contributed by atoms with van der Waals surface area (Å²) in [7, 11) is 0. The topological polar surface area (TPSA) is 104 Å². The van der Waals surface area contributed by atoms with E-state index >= 15 is 0 Å². The third-order valence-electron chi connectivity index (χ3n) is 5.58. The van der Waals surface area contributed by atoms with Crippen molar-refractivity contribution in [2.24, 2.45) is 0 Å². The van der Waals surface area contributed by atoms with Gasteiger partial charge in [0.25, 0.3) is 11.8 Å². The van der Waals surface area contributed by atoms with Gasteiger partial charge in [-0.3, -0.25) is 20.0 Å². The summed E-state index contributed by atoms with van der Waals surface area (Å²) in [6.45, 7) is 3.52. The normalized spacial score (nSPS) is 19.3. The van der Waals surface area contributed by atoms with E-state index < -0.39 is 36.0 Å². The highest BCUT2D eigenvalue weighted by atomic mass is 19.4. The smallest absolute Gasteiger partial charge is 0.406 e. The standard InChI is InChI=1S/C22H22F3N5O5/c1-14-20(32)30(16-2-4-17(5-3-16)35-22(23,24)25)21(33)29(14)13-15-6-7-26-12-18(15)19(31)27-28-8-10-34-11-9-28/h2-7,12,14H,8-11,13H2,1H3,(H,27,31). The Hall–Kier alpha value is -3.71. The monoisotopic (exact) mass is 493 g/mol. The molecule has 0 bridgehead atoms. The molecule has 2 saturated heterocycles. The molecule has 0 spiro atoms. The molecule has 2 fully saturated rings. The van der Waals surface area contributed by atoms with Crippen LogP contribution >= 0.6 is 0 Å². The van der Waals surface area contributed by atoms with Gasteiger partial charge in [0.15, 0.2) is 0 Å². The SMILES string of the molecule is CC1C(=O)N(c2ccc(OC(F)(F)F)cc2)C(=O)N1Cc1ccncc1C(=O)NN1CCOCC1. The number of hydrazine groups is 1. The van der Waals surface area contributed by atoms with E-state index in [0.717, 1.165) is 17.0 Å². The Kier molecular flexibility index (Phi) is 6.89. The van der Waals surface area contributed by atoms with Crippen molar-refractivity contribution in [2.75, 3.05) is 31.2 Å². The Labute approximate surface area is 198 Å². The van der Waals surface area contributed by atoms with Gasteiger partial charge in [-0.2, -0.15) is 0 Å². The van der Waals surface area contributed by atoms with Crippen LogP contribution in [0.4, 0.5) is 23.7 Å². The van der Waals surface area contributed by atoms with Gasteiger partial charge in [0.1, 0.15) is 11.8 Å². The number of carbonyl (C=O) groups is 3. The van der Waals surface area contributed by atoms with Crippen LogP contribution in [0.3, 0.4) is 0 Å². The summed E-state index contributed by atoms with van der Waals surface area (Å²) in [5.74, 6) is -1.43. The van der Waals surface area contributed by atoms with Gasteiger partial charge in [-0.1, -0.05) is 0 Å². The summed E-state index contributed by atoms with van der Waals surface area (Å²) in [5.41, 5.74) is 3.62. The Morgan fingerprint density at radius 1 is 1.17 bits per heavy atom. The molecule has 1 N–H and O–H groups in total. The fourth-order valence-electron chi connectivity index (χ4n) is 3.78. The van der Waals surface area contributed by atoms with E-state index in [4.69, 9.17) is 4.74 Å². The van der Waals surface area contributed by atoms with Gasteiger partial charge in [0.05, 0.1) is 24.5 Å². The predicted molar refractivity (Wildman–Crippen MR) is 115 cm³/mol. The third-order valence-corrected chi connectivity index (χ3v) is 5.58. The Morgan fingerprint density at radius 3 is 2.51 bits per heavy atom. The molecule has 186 valence electrons. The van der Waals surface area contributed by atoms with Crippen molar-refractivity contribution in [2.45, 2.75) is 25.9 Å². The minimum absolute atomic E-state index is 0.0497. The number of hydrogen-bond acceptors (Lipinski definition) is 7. The molecule has 10 nitrogen and oxygen atoms in total. The average Bonchev–Trinajstić information content (AvgIpc) is 3.03. The molecule has 1 atom stereocenters. The van der Waals surface area contributed by atoms with Crippen LogP contribution in [0.5, 0.6) is 5.75 Å². The molecule has 1 aromatic heterocycles. The van der Waals surface area contributed by atoms with Gasteiger partial charge in [-0.15, -0.1) is 13.2 Å². The second-order valence-electron chi connectivity index (χ2n) is 7.87. The fraction of sp³-hybridized carbons (Fsp3) is 0.364. The summed E-state index contributed by atoms with van der Waals surface area (Å²) in [6.07, 6.45) is -2.00. The van der Waals surface area contributed by atoms with E-state index in [1.165, 1.54) is 36.4 Å². The molecule has 1 aromatic carbocycles. The van der Waals surface area contributed by atoms with Crippen LogP contribution < -0.4 is 15.1 Å². The number of alkyl halides is 3. The van der Waals surface area contributed by atoms with Gasteiger partial charge in [-0.05, 0) is 42.8 Å². The van der Waals surface area contributed by atoms with Crippen molar-refractivity contribution in [3.05, 3.63) is 53.9 Å². The number of ether oxygens (including phenoxy) is 2. The van der Waals surface area contributed by atoms with Gasteiger partial charge in [-0.25, -0.2) is 14.7 Å². The number of halogens is 3. The molecule has 4 amide bonds. The van der Waals surface area contributed by atoms with Crippen molar-refractivity contribution >= 4 is 23.5 Å². The quantitative estimate of drug-likeness (QED) is 0.616. The summed E-state index contributed by atoms with van der Waals surface area (Å²) < 4.78 is 46.3. The van der Waals surface area contributed by atoms with Gasteiger partial charge in [0.2, 0.25) is 0 Å². The van der Waals surface area contributed by atoms with Crippen LogP contribution in [0.15, 0.2) is 42.7 Å². The van der Waals surface area contributed by atoms with E-state index in [0.29, 0.717) is 31.9 Å². The van der Waals surface area contributed by atoms with Crippen molar-refractivity contribution in [1.29, 1.82) is 0 Å². The molecular weight excluding hydrogens is 471 g/mol. The fourth-order valence-corrected chi connectivity index (χ4v) is 3.78. The maximum Gasteiger partial charge on any atom is 0.573 e. The number of imide groups is 1. The lowest BCUT2D eigenvalue weighted by atomic mass is 10.1. The number of rotatable bonds is 6. The van der Waals surface area contributed by atoms with Crippen LogP contribution in [0.2, 0.25) is 0 Å². The van der Waals surface area contributed by atoms with E-state index in [-0.39, 0.29) is 17.8 Å². The number of hydrogen-bond donors (Lipinski definition) is 1. The molecule has 4 rings (SSSR count). The number of urea groups is 1. The predicted octanol–water partition coefficient (Wildman–Crippen LogP) is 2.31. The van der Waals surface area contributed by atoms with Crippen LogP contribution in [0.1, 0.15) is 22.8 Å². The molecule has 0 aliphatic carbocycles.